The first kappa shape index (κ1) is 12.5. The lowest BCUT2D eigenvalue weighted by Crippen LogP contribution is -2.17. The SMILES string of the molecule is NC(=O)CC(CC(=O)O)c1cccc(Cl)c1. The van der Waals surface area contributed by atoms with E-state index in [2.05, 4.69) is 0 Å². The van der Waals surface area contributed by atoms with Crippen molar-refractivity contribution in [3.63, 3.8) is 0 Å². The van der Waals surface area contributed by atoms with Crippen LogP contribution in [0, 0.1) is 0 Å². The van der Waals surface area contributed by atoms with Crippen molar-refractivity contribution < 1.29 is 14.7 Å². The van der Waals surface area contributed by atoms with Crippen LogP contribution in [0.4, 0.5) is 0 Å². The van der Waals surface area contributed by atoms with Crippen molar-refractivity contribution in [2.75, 3.05) is 0 Å². The summed E-state index contributed by atoms with van der Waals surface area (Å²) in [4.78, 5) is 21.5. The second-order valence-corrected chi connectivity index (χ2v) is 3.96. The summed E-state index contributed by atoms with van der Waals surface area (Å²) in [7, 11) is 0. The van der Waals surface area contributed by atoms with Crippen molar-refractivity contribution in [2.45, 2.75) is 18.8 Å². The number of primary amides is 1. The van der Waals surface area contributed by atoms with Gasteiger partial charge in [-0.25, -0.2) is 0 Å². The summed E-state index contributed by atoms with van der Waals surface area (Å²) in [5.74, 6) is -1.91. The molecule has 3 N–H and O–H groups in total. The highest BCUT2D eigenvalue weighted by molar-refractivity contribution is 6.30. The molecule has 0 spiro atoms. The summed E-state index contributed by atoms with van der Waals surface area (Å²) in [6.45, 7) is 0. The summed E-state index contributed by atoms with van der Waals surface area (Å²) < 4.78 is 0. The molecule has 0 aromatic heterocycles. The number of hydrogen-bond donors (Lipinski definition) is 2. The first-order chi connectivity index (χ1) is 7.49. The van der Waals surface area contributed by atoms with Gasteiger partial charge in [0.15, 0.2) is 0 Å². The second kappa shape index (κ2) is 5.51. The van der Waals surface area contributed by atoms with Crippen LogP contribution in [0.25, 0.3) is 0 Å². The van der Waals surface area contributed by atoms with E-state index in [0.29, 0.717) is 10.6 Å². The van der Waals surface area contributed by atoms with Gasteiger partial charge < -0.3 is 10.8 Å². The average Bonchev–Trinajstić information content (AvgIpc) is 2.15. The van der Waals surface area contributed by atoms with E-state index in [0.717, 1.165) is 0 Å². The number of hydrogen-bond acceptors (Lipinski definition) is 2. The van der Waals surface area contributed by atoms with Crippen LogP contribution in [-0.2, 0) is 9.59 Å². The van der Waals surface area contributed by atoms with Crippen LogP contribution in [0.1, 0.15) is 24.3 Å². The maximum atomic E-state index is 10.8. The lowest BCUT2D eigenvalue weighted by atomic mass is 9.92. The standard InChI is InChI=1S/C11H12ClNO3/c12-9-3-1-2-7(4-9)8(5-10(13)14)6-11(15)16/h1-4,8H,5-6H2,(H2,13,14)(H,15,16). The maximum Gasteiger partial charge on any atom is 0.303 e. The van der Waals surface area contributed by atoms with E-state index in [4.69, 9.17) is 22.4 Å². The van der Waals surface area contributed by atoms with Gasteiger partial charge in [0.05, 0.1) is 6.42 Å². The summed E-state index contributed by atoms with van der Waals surface area (Å²) in [6.07, 6.45) is -0.129. The Bertz CT molecular complexity index is 390. The van der Waals surface area contributed by atoms with Crippen molar-refractivity contribution in [3.05, 3.63) is 34.9 Å². The van der Waals surface area contributed by atoms with Crippen molar-refractivity contribution in [1.29, 1.82) is 0 Å². The number of aliphatic carboxylic acids is 1. The molecule has 1 aromatic carbocycles. The topological polar surface area (TPSA) is 80.4 Å². The molecule has 0 aliphatic carbocycles. The zero-order valence-electron chi connectivity index (χ0n) is 8.52. The number of halogens is 1. The van der Waals surface area contributed by atoms with Gasteiger partial charge in [0.1, 0.15) is 0 Å². The van der Waals surface area contributed by atoms with Crippen LogP contribution in [0.5, 0.6) is 0 Å². The molecular weight excluding hydrogens is 230 g/mol. The van der Waals surface area contributed by atoms with Crippen LogP contribution < -0.4 is 5.73 Å². The molecule has 1 unspecified atom stereocenters. The number of carbonyl (C=O) groups excluding carboxylic acids is 1. The van der Waals surface area contributed by atoms with Gasteiger partial charge >= 0.3 is 5.97 Å². The van der Waals surface area contributed by atoms with Crippen molar-refractivity contribution >= 4 is 23.5 Å². The molecule has 1 atom stereocenters. The van der Waals surface area contributed by atoms with Crippen LogP contribution in [0.15, 0.2) is 24.3 Å². The Morgan fingerprint density at radius 1 is 1.38 bits per heavy atom. The van der Waals surface area contributed by atoms with Crippen LogP contribution in [-0.4, -0.2) is 17.0 Å². The number of carbonyl (C=O) groups is 2. The van der Waals surface area contributed by atoms with Gasteiger partial charge in [-0.05, 0) is 17.7 Å². The Hall–Kier alpha value is -1.55. The number of benzene rings is 1. The molecular formula is C11H12ClNO3. The molecule has 86 valence electrons. The van der Waals surface area contributed by atoms with E-state index in [9.17, 15) is 9.59 Å². The first-order valence-electron chi connectivity index (χ1n) is 4.74. The van der Waals surface area contributed by atoms with E-state index in [1.807, 2.05) is 0 Å². The van der Waals surface area contributed by atoms with Crippen LogP contribution in [0.3, 0.4) is 0 Å². The minimum Gasteiger partial charge on any atom is -0.481 e. The van der Waals surface area contributed by atoms with E-state index in [1.165, 1.54) is 0 Å². The molecule has 0 heterocycles. The highest BCUT2D eigenvalue weighted by Crippen LogP contribution is 2.25. The van der Waals surface area contributed by atoms with Gasteiger partial charge in [0.25, 0.3) is 0 Å². The van der Waals surface area contributed by atoms with Gasteiger partial charge in [-0.3, -0.25) is 9.59 Å². The molecule has 0 fully saturated rings. The zero-order chi connectivity index (χ0) is 12.1. The van der Waals surface area contributed by atoms with Gasteiger partial charge in [-0.1, -0.05) is 23.7 Å². The van der Waals surface area contributed by atoms with Crippen LogP contribution in [0.2, 0.25) is 5.02 Å². The minimum absolute atomic E-state index is 0.00659. The zero-order valence-corrected chi connectivity index (χ0v) is 9.28. The number of rotatable bonds is 5. The quantitative estimate of drug-likeness (QED) is 0.825. The third-order valence-electron chi connectivity index (χ3n) is 2.19. The fraction of sp³-hybridized carbons (Fsp3) is 0.273. The Morgan fingerprint density at radius 3 is 2.56 bits per heavy atom. The summed E-state index contributed by atoms with van der Waals surface area (Å²) in [6, 6.07) is 6.79. The number of nitrogens with two attached hydrogens (primary N) is 1. The van der Waals surface area contributed by atoms with E-state index >= 15 is 0 Å². The summed E-state index contributed by atoms with van der Waals surface area (Å²) >= 11 is 5.80. The Balaban J connectivity index is 2.90. The number of carboxylic acid groups (broad SMARTS) is 1. The third kappa shape index (κ3) is 3.90. The first-order valence-corrected chi connectivity index (χ1v) is 5.12. The fourth-order valence-electron chi connectivity index (χ4n) is 1.52. The molecule has 0 aliphatic heterocycles. The monoisotopic (exact) mass is 241 g/mol. The largest absolute Gasteiger partial charge is 0.481 e. The molecule has 1 aromatic rings. The van der Waals surface area contributed by atoms with Gasteiger partial charge in [-0.15, -0.1) is 0 Å². The molecule has 0 saturated heterocycles. The van der Waals surface area contributed by atoms with Gasteiger partial charge in [0.2, 0.25) is 5.91 Å². The molecule has 0 radical (unpaired) electrons. The van der Waals surface area contributed by atoms with Gasteiger partial charge in [-0.2, -0.15) is 0 Å². The smallest absolute Gasteiger partial charge is 0.303 e. The van der Waals surface area contributed by atoms with Gasteiger partial charge in [0, 0.05) is 17.4 Å². The normalized spacial score (nSPS) is 12.1. The predicted molar refractivity (Wildman–Crippen MR) is 60.3 cm³/mol. The van der Waals surface area contributed by atoms with Crippen LogP contribution >= 0.6 is 11.6 Å². The molecule has 5 heteroatoms. The van der Waals surface area contributed by atoms with E-state index in [-0.39, 0.29) is 12.8 Å². The summed E-state index contributed by atoms with van der Waals surface area (Å²) in [5.41, 5.74) is 5.80. The molecule has 0 bridgehead atoms. The Labute approximate surface area is 98.0 Å². The minimum atomic E-state index is -0.966. The maximum absolute atomic E-state index is 10.8. The molecule has 0 aliphatic rings. The van der Waals surface area contributed by atoms with Crippen molar-refractivity contribution in [1.82, 2.24) is 0 Å². The lowest BCUT2D eigenvalue weighted by Gasteiger charge is -2.13. The third-order valence-corrected chi connectivity index (χ3v) is 2.42. The number of amides is 1. The molecule has 16 heavy (non-hydrogen) atoms. The summed E-state index contributed by atoms with van der Waals surface area (Å²) in [5, 5.41) is 9.25. The average molecular weight is 242 g/mol. The highest BCUT2D eigenvalue weighted by Gasteiger charge is 2.18. The lowest BCUT2D eigenvalue weighted by molar-refractivity contribution is -0.137. The molecule has 0 saturated carbocycles. The Kier molecular flexibility index (Phi) is 4.31. The van der Waals surface area contributed by atoms with Crippen molar-refractivity contribution in [2.24, 2.45) is 5.73 Å². The van der Waals surface area contributed by atoms with E-state index in [1.54, 1.807) is 24.3 Å². The Morgan fingerprint density at radius 2 is 2.06 bits per heavy atom. The number of carboxylic acids is 1. The molecule has 4 nitrogen and oxygen atoms in total. The fourth-order valence-corrected chi connectivity index (χ4v) is 1.72. The van der Waals surface area contributed by atoms with E-state index < -0.39 is 17.8 Å². The highest BCUT2D eigenvalue weighted by atomic mass is 35.5. The second-order valence-electron chi connectivity index (χ2n) is 3.52. The molecule has 1 rings (SSSR count). The predicted octanol–water partition coefficient (Wildman–Crippen LogP) is 1.77. The van der Waals surface area contributed by atoms with Crippen molar-refractivity contribution in [3.8, 4) is 0 Å². The molecule has 1 amide bonds.